The molecule has 0 aliphatic heterocycles. The summed E-state index contributed by atoms with van der Waals surface area (Å²) in [5, 5.41) is 7.30. The van der Waals surface area contributed by atoms with Crippen molar-refractivity contribution in [3.8, 4) is 11.5 Å². The van der Waals surface area contributed by atoms with Crippen LogP contribution in [0, 0.1) is 12.4 Å². The molecule has 122 valence electrons. The smallest absolute Gasteiger partial charge is 0.371 e. The number of hydrogen-bond donors (Lipinski definition) is 1. The normalized spacial score (nSPS) is 10.9. The maximum atomic E-state index is 14.4. The maximum absolute atomic E-state index is 14.4. The average molecular weight is 336 g/mol. The van der Waals surface area contributed by atoms with E-state index < -0.39 is 5.82 Å². The second-order valence-electron chi connectivity index (χ2n) is 5.13. The molecule has 0 aliphatic rings. The summed E-state index contributed by atoms with van der Waals surface area (Å²) in [5.41, 5.74) is 7.36. The van der Waals surface area contributed by atoms with Gasteiger partial charge in [-0.1, -0.05) is 6.07 Å². The van der Waals surface area contributed by atoms with E-state index in [1.165, 1.54) is 18.5 Å². The van der Waals surface area contributed by atoms with Gasteiger partial charge in [0, 0.05) is 5.56 Å². The van der Waals surface area contributed by atoms with Gasteiger partial charge in [-0.05, 0) is 22.4 Å². The van der Waals surface area contributed by atoms with Crippen LogP contribution in [0.5, 0.6) is 0 Å². The third kappa shape index (κ3) is 2.43. The molecule has 0 atom stereocenters. The Morgan fingerprint density at radius 3 is 2.72 bits per heavy atom. The van der Waals surface area contributed by atoms with Crippen molar-refractivity contribution in [2.24, 2.45) is 0 Å². The fraction of sp³-hybridized carbons (Fsp3) is 0.0667. The van der Waals surface area contributed by atoms with Crippen LogP contribution in [0.1, 0.15) is 5.56 Å². The summed E-state index contributed by atoms with van der Waals surface area (Å²) in [7, 11) is 0. The van der Waals surface area contributed by atoms with Crippen LogP contribution in [0.2, 0.25) is 0 Å². The molecule has 0 saturated heterocycles. The number of nitrogens with zero attached hydrogens (tertiary/aromatic N) is 7. The highest BCUT2D eigenvalue weighted by Gasteiger charge is 2.21. The number of nitrogens with two attached hydrogens (primary N) is 1. The number of nitrogen functional groups attached to an aromatic ring is 1. The zero-order chi connectivity index (χ0) is 17.4. The SMILES string of the molecule is [C-]#[N+]c1ncc(Cn2c(-c3nonc3N)nc3cccc(F)c32)cn1. The average Bonchev–Trinajstić information content (AvgIpc) is 3.20. The highest BCUT2D eigenvalue weighted by atomic mass is 19.1. The number of aromatic nitrogens is 6. The summed E-state index contributed by atoms with van der Waals surface area (Å²) in [4.78, 5) is 15.4. The number of hydrogen-bond acceptors (Lipinski definition) is 7. The van der Waals surface area contributed by atoms with Gasteiger partial charge in [0.15, 0.2) is 17.3 Å². The van der Waals surface area contributed by atoms with Gasteiger partial charge in [-0.25, -0.2) is 14.0 Å². The Labute approximate surface area is 139 Å². The standard InChI is InChI=1S/C15H9FN8O/c1-18-15-19-5-8(6-20-15)7-24-12-9(16)3-2-4-10(12)21-14(24)11-13(17)23-25-22-11/h2-6H,7H2,(H2,17,23). The molecule has 0 aliphatic carbocycles. The van der Waals surface area contributed by atoms with Gasteiger partial charge in [0.1, 0.15) is 11.3 Å². The zero-order valence-electron chi connectivity index (χ0n) is 12.6. The summed E-state index contributed by atoms with van der Waals surface area (Å²) in [6, 6.07) is 4.59. The topological polar surface area (TPSA) is 113 Å². The van der Waals surface area contributed by atoms with Crippen molar-refractivity contribution in [1.82, 2.24) is 29.8 Å². The van der Waals surface area contributed by atoms with Crippen molar-refractivity contribution < 1.29 is 9.02 Å². The Kier molecular flexibility index (Phi) is 3.32. The summed E-state index contributed by atoms with van der Waals surface area (Å²) >= 11 is 0. The number of fused-ring (bicyclic) bond motifs is 1. The lowest BCUT2D eigenvalue weighted by Crippen LogP contribution is -2.05. The fourth-order valence-electron chi connectivity index (χ4n) is 2.50. The highest BCUT2D eigenvalue weighted by molar-refractivity contribution is 5.82. The molecule has 0 bridgehead atoms. The van der Waals surface area contributed by atoms with E-state index in [0.29, 0.717) is 16.9 Å². The second-order valence-corrected chi connectivity index (χ2v) is 5.13. The molecular formula is C15H9FN8O. The summed E-state index contributed by atoms with van der Waals surface area (Å²) in [5.74, 6) is -0.0368. The lowest BCUT2D eigenvalue weighted by atomic mass is 10.2. The van der Waals surface area contributed by atoms with Crippen LogP contribution in [0.4, 0.5) is 16.2 Å². The van der Waals surface area contributed by atoms with Crippen molar-refractivity contribution in [1.29, 1.82) is 0 Å². The van der Waals surface area contributed by atoms with E-state index in [1.54, 1.807) is 16.7 Å². The van der Waals surface area contributed by atoms with Crippen molar-refractivity contribution in [2.45, 2.75) is 6.54 Å². The first-order chi connectivity index (χ1) is 12.2. The molecular weight excluding hydrogens is 327 g/mol. The summed E-state index contributed by atoms with van der Waals surface area (Å²) < 4.78 is 20.6. The Morgan fingerprint density at radius 2 is 2.04 bits per heavy atom. The van der Waals surface area contributed by atoms with Gasteiger partial charge in [0.05, 0.1) is 24.5 Å². The lowest BCUT2D eigenvalue weighted by molar-refractivity contribution is 0.310. The predicted molar refractivity (Wildman–Crippen MR) is 84.8 cm³/mol. The number of benzene rings is 1. The summed E-state index contributed by atoms with van der Waals surface area (Å²) in [6.07, 6.45) is 3.00. The molecule has 10 heteroatoms. The number of anilines is 1. The van der Waals surface area contributed by atoms with Crippen LogP contribution in [0.25, 0.3) is 27.4 Å². The summed E-state index contributed by atoms with van der Waals surface area (Å²) in [6.45, 7) is 7.10. The van der Waals surface area contributed by atoms with Gasteiger partial charge in [0.25, 0.3) is 0 Å². The maximum Gasteiger partial charge on any atom is 0.371 e. The number of imidazole rings is 1. The minimum absolute atomic E-state index is 0.0376. The Bertz CT molecular complexity index is 1110. The van der Waals surface area contributed by atoms with Gasteiger partial charge >= 0.3 is 5.95 Å². The Balaban J connectivity index is 1.91. The Hall–Kier alpha value is -3.87. The fourth-order valence-corrected chi connectivity index (χ4v) is 2.50. The molecule has 1 aromatic carbocycles. The molecule has 4 rings (SSSR count). The third-order valence-corrected chi connectivity index (χ3v) is 3.58. The van der Waals surface area contributed by atoms with Crippen LogP contribution in [0.3, 0.4) is 0 Å². The second kappa shape index (κ2) is 5.64. The van der Waals surface area contributed by atoms with E-state index in [2.05, 4.69) is 34.7 Å². The van der Waals surface area contributed by atoms with Crippen LogP contribution in [-0.2, 0) is 6.54 Å². The van der Waals surface area contributed by atoms with E-state index >= 15 is 0 Å². The van der Waals surface area contributed by atoms with Gasteiger partial charge < -0.3 is 15.1 Å². The largest absolute Gasteiger partial charge is 0.394 e. The number of rotatable bonds is 3. The molecule has 25 heavy (non-hydrogen) atoms. The van der Waals surface area contributed by atoms with Crippen LogP contribution < -0.4 is 5.73 Å². The van der Waals surface area contributed by atoms with Gasteiger partial charge in [-0.15, -0.1) is 6.57 Å². The zero-order valence-corrected chi connectivity index (χ0v) is 12.6. The molecule has 0 unspecified atom stereocenters. The van der Waals surface area contributed by atoms with E-state index in [-0.39, 0.29) is 29.5 Å². The van der Waals surface area contributed by atoms with Crippen LogP contribution >= 0.6 is 0 Å². The van der Waals surface area contributed by atoms with Crippen LogP contribution in [0.15, 0.2) is 35.2 Å². The third-order valence-electron chi connectivity index (χ3n) is 3.58. The molecule has 0 amide bonds. The van der Waals surface area contributed by atoms with E-state index in [1.807, 2.05) is 0 Å². The number of para-hydroxylation sites is 1. The van der Waals surface area contributed by atoms with Crippen LogP contribution in [-0.4, -0.2) is 29.8 Å². The molecule has 4 aromatic rings. The Morgan fingerprint density at radius 1 is 1.24 bits per heavy atom. The van der Waals surface area contributed by atoms with Crippen molar-refractivity contribution in [3.63, 3.8) is 0 Å². The van der Waals surface area contributed by atoms with E-state index in [0.717, 1.165) is 0 Å². The van der Waals surface area contributed by atoms with Crippen molar-refractivity contribution in [2.75, 3.05) is 5.73 Å². The first kappa shape index (κ1) is 14.7. The lowest BCUT2D eigenvalue weighted by Gasteiger charge is -2.07. The molecule has 0 fully saturated rings. The molecule has 0 spiro atoms. The first-order valence-electron chi connectivity index (χ1n) is 7.09. The predicted octanol–water partition coefficient (Wildman–Crippen LogP) is 2.20. The van der Waals surface area contributed by atoms with Gasteiger partial charge in [-0.2, -0.15) is 9.97 Å². The number of halogens is 1. The molecule has 0 radical (unpaired) electrons. The molecule has 2 N–H and O–H groups in total. The van der Waals surface area contributed by atoms with E-state index in [9.17, 15) is 4.39 Å². The molecule has 3 aromatic heterocycles. The molecule has 3 heterocycles. The van der Waals surface area contributed by atoms with E-state index in [4.69, 9.17) is 12.3 Å². The van der Waals surface area contributed by atoms with Gasteiger partial charge in [-0.3, -0.25) is 0 Å². The van der Waals surface area contributed by atoms with Crippen molar-refractivity contribution >= 4 is 22.8 Å². The monoisotopic (exact) mass is 336 g/mol. The van der Waals surface area contributed by atoms with Gasteiger partial charge in [0.2, 0.25) is 0 Å². The quantitative estimate of drug-likeness (QED) is 0.570. The molecule has 9 nitrogen and oxygen atoms in total. The van der Waals surface area contributed by atoms with Crippen molar-refractivity contribution in [3.05, 3.63) is 53.4 Å². The minimum Gasteiger partial charge on any atom is -0.394 e. The highest BCUT2D eigenvalue weighted by Crippen LogP contribution is 2.28. The molecule has 0 saturated carbocycles. The minimum atomic E-state index is -0.440. The first-order valence-corrected chi connectivity index (χ1v) is 7.09.